The van der Waals surface area contributed by atoms with Gasteiger partial charge < -0.3 is 11.1 Å². The normalized spacial score (nSPS) is 10.2. The Labute approximate surface area is 114 Å². The van der Waals surface area contributed by atoms with Crippen molar-refractivity contribution in [2.75, 3.05) is 16.8 Å². The summed E-state index contributed by atoms with van der Waals surface area (Å²) in [4.78, 5) is 27.2. The second-order valence-electron chi connectivity index (χ2n) is 3.68. The maximum absolute atomic E-state index is 11.7. The van der Waals surface area contributed by atoms with Crippen LogP contribution >= 0.6 is 11.8 Å². The van der Waals surface area contributed by atoms with Crippen LogP contribution in [0, 0.1) is 6.92 Å². The summed E-state index contributed by atoms with van der Waals surface area (Å²) in [5, 5.41) is 3.10. The first-order chi connectivity index (χ1) is 9.13. The minimum atomic E-state index is -0.180. The van der Waals surface area contributed by atoms with Gasteiger partial charge in [-0.25, -0.2) is 15.0 Å². The van der Waals surface area contributed by atoms with Crippen molar-refractivity contribution in [3.05, 3.63) is 30.2 Å². The molecule has 0 aliphatic rings. The van der Waals surface area contributed by atoms with E-state index in [4.69, 9.17) is 5.73 Å². The number of nitrogens with two attached hydrogens (primary N) is 1. The summed E-state index contributed by atoms with van der Waals surface area (Å²) in [6.45, 7) is 1.93. The van der Waals surface area contributed by atoms with E-state index in [1.165, 1.54) is 18.1 Å². The van der Waals surface area contributed by atoms with Crippen LogP contribution in [0.4, 0.5) is 11.8 Å². The maximum Gasteiger partial charge on any atom is 0.236 e. The molecule has 2 aromatic heterocycles. The average molecular weight is 276 g/mol. The number of aryl methyl sites for hydroxylation is 1. The van der Waals surface area contributed by atoms with Gasteiger partial charge in [0.2, 0.25) is 11.9 Å². The number of amides is 1. The molecule has 0 unspecified atom stereocenters. The van der Waals surface area contributed by atoms with Gasteiger partial charge in [-0.05, 0) is 18.6 Å². The molecule has 0 atom stereocenters. The molecule has 0 aliphatic carbocycles. The van der Waals surface area contributed by atoms with E-state index in [1.807, 2.05) is 13.0 Å². The van der Waals surface area contributed by atoms with Crippen molar-refractivity contribution in [2.45, 2.75) is 12.1 Å². The summed E-state index contributed by atoms with van der Waals surface area (Å²) in [5.74, 6) is 0.656. The summed E-state index contributed by atoms with van der Waals surface area (Å²) < 4.78 is 0. The monoisotopic (exact) mass is 276 g/mol. The van der Waals surface area contributed by atoms with Crippen LogP contribution in [0.15, 0.2) is 29.8 Å². The average Bonchev–Trinajstić information content (AvgIpc) is 2.39. The maximum atomic E-state index is 11.7. The minimum absolute atomic E-state index is 0.137. The van der Waals surface area contributed by atoms with Crippen molar-refractivity contribution in [3.8, 4) is 0 Å². The molecule has 98 valence electrons. The van der Waals surface area contributed by atoms with E-state index in [9.17, 15) is 4.79 Å². The summed E-state index contributed by atoms with van der Waals surface area (Å²) in [6, 6.07) is 3.63. The highest BCUT2D eigenvalue weighted by atomic mass is 32.2. The Hall–Kier alpha value is -2.22. The number of nitrogens with one attached hydrogen (secondary N) is 1. The zero-order chi connectivity index (χ0) is 13.7. The molecule has 2 rings (SSSR count). The van der Waals surface area contributed by atoms with Crippen LogP contribution in [0.3, 0.4) is 0 Å². The Morgan fingerprint density at radius 2 is 2.21 bits per heavy atom. The molecule has 2 aromatic rings. The first-order valence-corrected chi connectivity index (χ1v) is 6.42. The molecular weight excluding hydrogens is 264 g/mol. The second-order valence-corrected chi connectivity index (χ2v) is 4.63. The minimum Gasteiger partial charge on any atom is -0.368 e. The van der Waals surface area contributed by atoms with Crippen molar-refractivity contribution in [1.82, 2.24) is 19.9 Å². The number of thioether (sulfide) groups is 1. The largest absolute Gasteiger partial charge is 0.368 e. The number of rotatable bonds is 4. The third-order valence-corrected chi connectivity index (χ3v) is 2.94. The van der Waals surface area contributed by atoms with Crippen LogP contribution in [0.2, 0.25) is 0 Å². The van der Waals surface area contributed by atoms with E-state index in [2.05, 4.69) is 25.3 Å². The Balaban J connectivity index is 1.86. The fourth-order valence-corrected chi connectivity index (χ4v) is 1.83. The number of hydrogen-bond donors (Lipinski definition) is 2. The fraction of sp³-hybridized carbons (Fsp3) is 0.182. The molecule has 0 spiro atoms. The number of pyridine rings is 1. The van der Waals surface area contributed by atoms with E-state index in [0.717, 1.165) is 5.56 Å². The fourth-order valence-electron chi connectivity index (χ4n) is 1.21. The van der Waals surface area contributed by atoms with Crippen LogP contribution in [-0.2, 0) is 4.79 Å². The van der Waals surface area contributed by atoms with E-state index < -0.39 is 0 Å². The molecule has 0 saturated carbocycles. The van der Waals surface area contributed by atoms with Gasteiger partial charge in [-0.15, -0.1) is 0 Å². The Morgan fingerprint density at radius 3 is 2.89 bits per heavy atom. The molecule has 0 saturated heterocycles. The van der Waals surface area contributed by atoms with E-state index in [1.54, 1.807) is 12.3 Å². The molecule has 0 radical (unpaired) electrons. The summed E-state index contributed by atoms with van der Waals surface area (Å²) >= 11 is 1.18. The number of aromatic nitrogens is 4. The first-order valence-electron chi connectivity index (χ1n) is 5.43. The molecule has 1 amide bonds. The van der Waals surface area contributed by atoms with Gasteiger partial charge in [0.05, 0.1) is 5.75 Å². The molecule has 2 heterocycles. The van der Waals surface area contributed by atoms with Gasteiger partial charge >= 0.3 is 0 Å². The number of carbonyl (C=O) groups is 1. The predicted molar refractivity (Wildman–Crippen MR) is 72.6 cm³/mol. The van der Waals surface area contributed by atoms with Crippen molar-refractivity contribution < 1.29 is 4.79 Å². The van der Waals surface area contributed by atoms with Crippen molar-refractivity contribution in [3.63, 3.8) is 0 Å². The smallest absolute Gasteiger partial charge is 0.236 e. The van der Waals surface area contributed by atoms with Crippen molar-refractivity contribution >= 4 is 29.4 Å². The third-order valence-electron chi connectivity index (χ3n) is 2.08. The predicted octanol–water partition coefficient (Wildman–Crippen LogP) is 0.888. The molecule has 8 heteroatoms. The van der Waals surface area contributed by atoms with E-state index >= 15 is 0 Å². The first kappa shape index (κ1) is 13.2. The quantitative estimate of drug-likeness (QED) is 0.798. The summed E-state index contributed by atoms with van der Waals surface area (Å²) in [6.07, 6.45) is 3.00. The highest BCUT2D eigenvalue weighted by Crippen LogP contribution is 2.12. The molecule has 0 aliphatic heterocycles. The Bertz CT molecular complexity index is 574. The molecule has 19 heavy (non-hydrogen) atoms. The Morgan fingerprint density at radius 1 is 1.37 bits per heavy atom. The van der Waals surface area contributed by atoms with Crippen LogP contribution in [0.1, 0.15) is 5.56 Å². The lowest BCUT2D eigenvalue weighted by molar-refractivity contribution is -0.113. The van der Waals surface area contributed by atoms with Gasteiger partial charge in [0.25, 0.3) is 0 Å². The number of anilines is 2. The van der Waals surface area contributed by atoms with E-state index in [-0.39, 0.29) is 17.6 Å². The van der Waals surface area contributed by atoms with Crippen LogP contribution < -0.4 is 11.1 Å². The highest BCUT2D eigenvalue weighted by Gasteiger charge is 2.06. The van der Waals surface area contributed by atoms with Gasteiger partial charge in [0.1, 0.15) is 12.1 Å². The standard InChI is InChI=1S/C11H12N6OS/c1-7-2-3-8(13-4-7)16-9(18)5-19-11-15-6-14-10(12)17-11/h2-4,6H,5H2,1H3,(H,13,16,18)(H2,12,14,15,17). The number of nitrogen functional groups attached to an aromatic ring is 1. The van der Waals surface area contributed by atoms with Crippen molar-refractivity contribution in [2.24, 2.45) is 0 Å². The topological polar surface area (TPSA) is 107 Å². The molecule has 0 fully saturated rings. The van der Waals surface area contributed by atoms with Crippen molar-refractivity contribution in [1.29, 1.82) is 0 Å². The van der Waals surface area contributed by atoms with Gasteiger partial charge in [-0.3, -0.25) is 4.79 Å². The Kier molecular flexibility index (Phi) is 4.24. The molecule has 7 nitrogen and oxygen atoms in total. The summed E-state index contributed by atoms with van der Waals surface area (Å²) in [7, 11) is 0. The molecule has 0 aromatic carbocycles. The SMILES string of the molecule is Cc1ccc(NC(=O)CSc2ncnc(N)n2)nc1. The number of nitrogens with zero attached hydrogens (tertiary/aromatic N) is 4. The number of carbonyl (C=O) groups excluding carboxylic acids is 1. The molecule has 0 bridgehead atoms. The highest BCUT2D eigenvalue weighted by molar-refractivity contribution is 7.99. The number of hydrogen-bond acceptors (Lipinski definition) is 7. The summed E-state index contributed by atoms with van der Waals surface area (Å²) in [5.41, 5.74) is 6.45. The molecule has 3 N–H and O–H groups in total. The van der Waals surface area contributed by atoms with E-state index in [0.29, 0.717) is 11.0 Å². The molecular formula is C11H12N6OS. The lowest BCUT2D eigenvalue weighted by atomic mass is 10.3. The van der Waals surface area contributed by atoms with Gasteiger partial charge in [-0.1, -0.05) is 17.8 Å². The lowest BCUT2D eigenvalue weighted by Gasteiger charge is -2.04. The van der Waals surface area contributed by atoms with Gasteiger partial charge in [-0.2, -0.15) is 4.98 Å². The van der Waals surface area contributed by atoms with Gasteiger partial charge in [0, 0.05) is 6.20 Å². The zero-order valence-corrected chi connectivity index (χ0v) is 11.0. The third kappa shape index (κ3) is 4.18. The van der Waals surface area contributed by atoms with Crippen LogP contribution in [0.5, 0.6) is 0 Å². The van der Waals surface area contributed by atoms with Gasteiger partial charge in [0.15, 0.2) is 5.16 Å². The van der Waals surface area contributed by atoms with Crippen LogP contribution in [-0.4, -0.2) is 31.6 Å². The van der Waals surface area contributed by atoms with Crippen LogP contribution in [0.25, 0.3) is 0 Å². The zero-order valence-electron chi connectivity index (χ0n) is 10.2. The second kappa shape index (κ2) is 6.10. The lowest BCUT2D eigenvalue weighted by Crippen LogP contribution is -2.15.